The molecule has 0 atom stereocenters. The average Bonchev–Trinajstić information content (AvgIpc) is 2.48. The summed E-state index contributed by atoms with van der Waals surface area (Å²) in [5, 5.41) is 0.900. The van der Waals surface area contributed by atoms with Crippen LogP contribution in [0.3, 0.4) is 0 Å². The maximum Gasteiger partial charge on any atom is 0.343 e. The van der Waals surface area contributed by atoms with Crippen LogP contribution in [0.25, 0.3) is 23.1 Å². The summed E-state index contributed by atoms with van der Waals surface area (Å²) in [5.41, 5.74) is 10.2. The lowest BCUT2D eigenvalue weighted by Crippen LogP contribution is -2.06. The van der Waals surface area contributed by atoms with Crippen molar-refractivity contribution in [3.05, 3.63) is 75.1 Å². The lowest BCUT2D eigenvalue weighted by molar-refractivity contribution is 0.558. The zero-order chi connectivity index (χ0) is 15.7. The molecule has 0 unspecified atom stereocenters. The lowest BCUT2D eigenvalue weighted by atomic mass is 10.0. The fourth-order valence-electron chi connectivity index (χ4n) is 2.44. The van der Waals surface area contributed by atoms with Crippen LogP contribution in [0.1, 0.15) is 22.3 Å². The number of fused-ring (bicyclic) bond motifs is 1. The summed E-state index contributed by atoms with van der Waals surface area (Å²) in [5.74, 6) is 0. The number of nitrogen functional groups attached to an aromatic ring is 1. The van der Waals surface area contributed by atoms with Gasteiger partial charge in [-0.25, -0.2) is 4.79 Å². The molecule has 0 saturated carbocycles. The van der Waals surface area contributed by atoms with E-state index in [-0.39, 0.29) is 5.63 Å². The Morgan fingerprint density at radius 1 is 1.00 bits per heavy atom. The molecule has 3 nitrogen and oxygen atoms in total. The zero-order valence-electron chi connectivity index (χ0n) is 12.6. The van der Waals surface area contributed by atoms with Gasteiger partial charge < -0.3 is 10.2 Å². The van der Waals surface area contributed by atoms with Gasteiger partial charge in [-0.05, 0) is 43.2 Å². The molecule has 110 valence electrons. The van der Waals surface area contributed by atoms with Gasteiger partial charge in [0.2, 0.25) is 0 Å². The molecule has 2 N–H and O–H groups in total. The number of anilines is 1. The number of hydrogen-bond donors (Lipinski definition) is 1. The number of nitrogens with two attached hydrogens (primary N) is 1. The third-order valence-corrected chi connectivity index (χ3v) is 3.76. The molecular weight excluding hydrogens is 274 g/mol. The third kappa shape index (κ3) is 2.66. The van der Waals surface area contributed by atoms with Gasteiger partial charge in [0.1, 0.15) is 5.58 Å². The molecule has 0 aliphatic carbocycles. The number of rotatable bonds is 2. The second-order valence-corrected chi connectivity index (χ2v) is 5.43. The summed E-state index contributed by atoms with van der Waals surface area (Å²) < 4.78 is 5.38. The van der Waals surface area contributed by atoms with E-state index in [0.29, 0.717) is 16.8 Å². The van der Waals surface area contributed by atoms with Crippen LogP contribution in [0.2, 0.25) is 0 Å². The molecule has 2 aromatic carbocycles. The Hall–Kier alpha value is -2.81. The minimum absolute atomic E-state index is 0.348. The third-order valence-electron chi connectivity index (χ3n) is 3.76. The molecule has 0 fully saturated rings. The molecule has 1 heterocycles. The van der Waals surface area contributed by atoms with Crippen LogP contribution in [-0.2, 0) is 0 Å². The van der Waals surface area contributed by atoms with E-state index in [0.717, 1.165) is 16.5 Å². The Morgan fingerprint density at radius 2 is 1.73 bits per heavy atom. The van der Waals surface area contributed by atoms with E-state index in [1.54, 1.807) is 6.07 Å². The summed E-state index contributed by atoms with van der Waals surface area (Å²) in [7, 11) is 0. The summed E-state index contributed by atoms with van der Waals surface area (Å²) in [6.07, 6.45) is 3.73. The molecule has 3 aromatic rings. The van der Waals surface area contributed by atoms with Crippen LogP contribution in [0.4, 0.5) is 5.69 Å². The smallest absolute Gasteiger partial charge is 0.343 e. The largest absolute Gasteiger partial charge is 0.422 e. The maximum absolute atomic E-state index is 12.2. The Morgan fingerprint density at radius 3 is 2.45 bits per heavy atom. The molecule has 0 aliphatic heterocycles. The van der Waals surface area contributed by atoms with Gasteiger partial charge in [0.25, 0.3) is 0 Å². The minimum Gasteiger partial charge on any atom is -0.422 e. The van der Waals surface area contributed by atoms with Crippen molar-refractivity contribution in [1.82, 2.24) is 0 Å². The molecule has 1 aromatic heterocycles. The van der Waals surface area contributed by atoms with Gasteiger partial charge in [0, 0.05) is 17.1 Å². The topological polar surface area (TPSA) is 56.2 Å². The summed E-state index contributed by atoms with van der Waals surface area (Å²) in [6.45, 7) is 3.96. The molecule has 22 heavy (non-hydrogen) atoms. The van der Waals surface area contributed by atoms with Crippen molar-refractivity contribution in [2.75, 3.05) is 5.73 Å². The van der Waals surface area contributed by atoms with Crippen LogP contribution in [-0.4, -0.2) is 0 Å². The van der Waals surface area contributed by atoms with Gasteiger partial charge in [-0.2, -0.15) is 0 Å². The number of aryl methyl sites for hydroxylation is 2. The van der Waals surface area contributed by atoms with Crippen LogP contribution in [0.15, 0.2) is 51.7 Å². The summed E-state index contributed by atoms with van der Waals surface area (Å²) >= 11 is 0. The summed E-state index contributed by atoms with van der Waals surface area (Å²) in [6, 6.07) is 13.5. The van der Waals surface area contributed by atoms with Gasteiger partial charge in [0.15, 0.2) is 0 Å². The van der Waals surface area contributed by atoms with Crippen LogP contribution in [0.5, 0.6) is 0 Å². The predicted molar refractivity (Wildman–Crippen MR) is 91.7 cm³/mol. The Balaban J connectivity index is 2.09. The zero-order valence-corrected chi connectivity index (χ0v) is 12.6. The molecule has 3 rings (SSSR count). The summed E-state index contributed by atoms with van der Waals surface area (Å²) in [4.78, 5) is 12.2. The highest BCUT2D eigenvalue weighted by atomic mass is 16.4. The lowest BCUT2D eigenvalue weighted by Gasteiger charge is -2.05. The van der Waals surface area contributed by atoms with Crippen LogP contribution in [0, 0.1) is 13.8 Å². The van der Waals surface area contributed by atoms with Gasteiger partial charge in [-0.3, -0.25) is 0 Å². The minimum atomic E-state index is -0.348. The normalized spacial score (nSPS) is 11.4. The standard InChI is InChI=1S/C19H17NO2/c1-12-3-5-14(6-4-12)7-9-17-13(2)16-10-8-15(20)11-18(16)22-19(17)21/h3-11H,20H2,1-2H3/b9-7+. The second-order valence-electron chi connectivity index (χ2n) is 5.43. The Bertz CT molecular complexity index is 919. The van der Waals surface area contributed by atoms with Crippen molar-refractivity contribution >= 4 is 28.8 Å². The molecule has 0 spiro atoms. The van der Waals surface area contributed by atoms with Crippen molar-refractivity contribution in [2.24, 2.45) is 0 Å². The van der Waals surface area contributed by atoms with E-state index >= 15 is 0 Å². The second kappa shape index (κ2) is 5.53. The van der Waals surface area contributed by atoms with Crippen molar-refractivity contribution in [1.29, 1.82) is 0 Å². The first-order chi connectivity index (χ1) is 10.5. The number of hydrogen-bond acceptors (Lipinski definition) is 3. The first-order valence-electron chi connectivity index (χ1n) is 7.12. The number of benzene rings is 2. The molecule has 0 aliphatic rings. The molecule has 0 saturated heterocycles. The predicted octanol–water partition coefficient (Wildman–Crippen LogP) is 4.16. The van der Waals surface area contributed by atoms with Gasteiger partial charge in [-0.15, -0.1) is 0 Å². The van der Waals surface area contributed by atoms with Crippen molar-refractivity contribution in [3.63, 3.8) is 0 Å². The van der Waals surface area contributed by atoms with Crippen molar-refractivity contribution in [3.8, 4) is 0 Å². The highest BCUT2D eigenvalue weighted by molar-refractivity contribution is 5.86. The van der Waals surface area contributed by atoms with E-state index in [9.17, 15) is 4.79 Å². The average molecular weight is 291 g/mol. The van der Waals surface area contributed by atoms with E-state index in [2.05, 4.69) is 0 Å². The SMILES string of the molecule is Cc1ccc(/C=C/c2c(C)c3ccc(N)cc3oc2=O)cc1. The van der Waals surface area contributed by atoms with Crippen LogP contribution >= 0.6 is 0 Å². The van der Waals surface area contributed by atoms with Gasteiger partial charge in [-0.1, -0.05) is 35.9 Å². The van der Waals surface area contributed by atoms with E-state index in [4.69, 9.17) is 10.2 Å². The van der Waals surface area contributed by atoms with Gasteiger partial charge in [0.05, 0.1) is 5.56 Å². The fourth-order valence-corrected chi connectivity index (χ4v) is 2.44. The van der Waals surface area contributed by atoms with E-state index in [1.165, 1.54) is 5.56 Å². The molecule has 0 amide bonds. The first-order valence-corrected chi connectivity index (χ1v) is 7.12. The fraction of sp³-hybridized carbons (Fsp3) is 0.105. The first kappa shape index (κ1) is 14.1. The van der Waals surface area contributed by atoms with Gasteiger partial charge >= 0.3 is 5.63 Å². The quantitative estimate of drug-likeness (QED) is 0.569. The van der Waals surface area contributed by atoms with E-state index in [1.807, 2.05) is 62.4 Å². The van der Waals surface area contributed by atoms with Crippen molar-refractivity contribution < 1.29 is 4.42 Å². The Kier molecular flexibility index (Phi) is 3.55. The molecular formula is C19H17NO2. The highest BCUT2D eigenvalue weighted by Crippen LogP contribution is 2.22. The Labute approximate surface area is 128 Å². The maximum atomic E-state index is 12.2. The van der Waals surface area contributed by atoms with Crippen LogP contribution < -0.4 is 11.4 Å². The monoisotopic (exact) mass is 291 g/mol. The molecule has 0 radical (unpaired) electrons. The van der Waals surface area contributed by atoms with Crippen molar-refractivity contribution in [2.45, 2.75) is 13.8 Å². The highest BCUT2D eigenvalue weighted by Gasteiger charge is 2.09. The van der Waals surface area contributed by atoms with E-state index < -0.39 is 0 Å². The molecule has 3 heteroatoms. The molecule has 0 bridgehead atoms.